The Morgan fingerprint density at radius 1 is 0.659 bits per heavy atom. The van der Waals surface area contributed by atoms with Gasteiger partial charge in [-0.2, -0.15) is 0 Å². The molecule has 0 amide bonds. The molecule has 9 rings (SSSR count). The van der Waals surface area contributed by atoms with Gasteiger partial charge >= 0.3 is 0 Å². The zero-order valence-electron chi connectivity index (χ0n) is 23.1. The number of aromatic amines is 2. The third kappa shape index (κ3) is 3.96. The molecule has 3 aromatic carbocycles. The van der Waals surface area contributed by atoms with Crippen LogP contribution < -0.4 is 10.6 Å². The van der Waals surface area contributed by atoms with E-state index in [0.29, 0.717) is 25.3 Å². The van der Waals surface area contributed by atoms with Crippen LogP contribution in [0, 0.1) is 0 Å². The maximum Gasteiger partial charge on any atom is 0.176 e. The second-order valence-corrected chi connectivity index (χ2v) is 12.1. The molecule has 0 saturated carbocycles. The third-order valence-electron chi connectivity index (χ3n) is 9.54. The number of aromatic nitrogens is 4. The first-order chi connectivity index (χ1) is 20.2. The van der Waals surface area contributed by atoms with E-state index >= 15 is 0 Å². The van der Waals surface area contributed by atoms with Crippen LogP contribution in [0.5, 0.6) is 0 Å². The lowest BCUT2D eigenvalue weighted by Crippen LogP contribution is -2.30. The molecule has 3 fully saturated rings. The first kappa shape index (κ1) is 24.1. The van der Waals surface area contributed by atoms with E-state index in [4.69, 9.17) is 19.4 Å². The second-order valence-electron chi connectivity index (χ2n) is 12.1. The highest BCUT2D eigenvalue weighted by atomic mass is 16.7. The summed E-state index contributed by atoms with van der Waals surface area (Å²) >= 11 is 0. The predicted molar refractivity (Wildman–Crippen MR) is 159 cm³/mol. The summed E-state index contributed by atoms with van der Waals surface area (Å²) in [6.45, 7) is 3.41. The smallest absolute Gasteiger partial charge is 0.176 e. The van der Waals surface area contributed by atoms with Crippen molar-refractivity contribution in [1.29, 1.82) is 0 Å². The fraction of sp³-hybridized carbons (Fsp3) is 0.394. The van der Waals surface area contributed by atoms with E-state index in [9.17, 15) is 0 Å². The monoisotopic (exact) mass is 546 g/mol. The predicted octanol–water partition coefficient (Wildman–Crippen LogP) is 5.46. The average Bonchev–Trinajstić information content (AvgIpc) is 3.83. The second kappa shape index (κ2) is 9.22. The van der Waals surface area contributed by atoms with Crippen molar-refractivity contribution in [1.82, 2.24) is 30.6 Å². The van der Waals surface area contributed by atoms with E-state index in [0.717, 1.165) is 72.5 Å². The largest absolute Gasteiger partial charge is 0.347 e. The molecule has 8 heteroatoms. The molecule has 1 aliphatic carbocycles. The van der Waals surface area contributed by atoms with Crippen molar-refractivity contribution >= 4 is 22.1 Å². The lowest BCUT2D eigenvalue weighted by molar-refractivity contribution is -0.147. The average molecular weight is 547 g/mol. The van der Waals surface area contributed by atoms with Gasteiger partial charge in [-0.25, -0.2) is 9.97 Å². The molecule has 5 aromatic rings. The molecule has 3 saturated heterocycles. The summed E-state index contributed by atoms with van der Waals surface area (Å²) in [5.41, 5.74) is 11.7. The zero-order chi connectivity index (χ0) is 27.0. The molecule has 0 bridgehead atoms. The number of imidazole rings is 2. The van der Waals surface area contributed by atoms with Crippen molar-refractivity contribution in [3.63, 3.8) is 0 Å². The number of hydrogen-bond acceptors (Lipinski definition) is 6. The SMILES string of the molecule is c1cc2nc([C@@H]3CCCN3)[nH]c2cc1-c1ccc(-c2ccc3nc([C@@H]4CCCN4)[nH]c3c2)c2c1CC1(C2)OCCO1. The van der Waals surface area contributed by atoms with Crippen LogP contribution in [-0.4, -0.2) is 52.0 Å². The summed E-state index contributed by atoms with van der Waals surface area (Å²) in [5, 5.41) is 7.12. The van der Waals surface area contributed by atoms with Gasteiger partial charge in [-0.1, -0.05) is 24.3 Å². The number of H-pyrrole nitrogens is 2. The zero-order valence-corrected chi connectivity index (χ0v) is 23.1. The molecule has 3 aliphatic heterocycles. The fourth-order valence-corrected chi connectivity index (χ4v) is 7.50. The molecule has 5 heterocycles. The molecule has 2 atom stereocenters. The van der Waals surface area contributed by atoms with Crippen molar-refractivity contribution in [2.24, 2.45) is 0 Å². The van der Waals surface area contributed by atoms with Gasteiger partial charge in [-0.05, 0) is 96.4 Å². The van der Waals surface area contributed by atoms with Gasteiger partial charge in [0.15, 0.2) is 5.79 Å². The third-order valence-corrected chi connectivity index (χ3v) is 9.54. The van der Waals surface area contributed by atoms with Crippen LogP contribution in [0.1, 0.15) is 60.5 Å². The Kier molecular flexibility index (Phi) is 5.42. The van der Waals surface area contributed by atoms with E-state index in [1.165, 1.54) is 46.2 Å². The van der Waals surface area contributed by atoms with Crippen LogP contribution in [0.2, 0.25) is 0 Å². The summed E-state index contributed by atoms with van der Waals surface area (Å²) in [5.74, 6) is 1.53. The van der Waals surface area contributed by atoms with Crippen molar-refractivity contribution < 1.29 is 9.47 Å². The van der Waals surface area contributed by atoms with Crippen LogP contribution in [0.15, 0.2) is 48.5 Å². The standard InChI is InChI=1S/C33H34N6O2/c1-3-27(34-11-1)31-36-25-9-5-19(15-29(25)38-31)21-7-8-22(24-18-33(17-23(21)24)40-13-14-41-33)20-6-10-26-30(16-20)39-32(37-26)28-4-2-12-35-28/h5-10,15-16,27-28,34-35H,1-4,11-14,17-18H2,(H,36,38)(H,37,39)/t27-,28-/m0/s1. The molecule has 0 radical (unpaired) electrons. The Hall–Kier alpha value is -3.56. The highest BCUT2D eigenvalue weighted by Crippen LogP contribution is 2.46. The lowest BCUT2D eigenvalue weighted by atomic mass is 9.90. The van der Waals surface area contributed by atoms with Gasteiger partial charge in [0.2, 0.25) is 0 Å². The minimum absolute atomic E-state index is 0.323. The minimum Gasteiger partial charge on any atom is -0.347 e. The maximum atomic E-state index is 6.26. The number of rotatable bonds is 4. The van der Waals surface area contributed by atoms with Crippen molar-refractivity contribution in [3.05, 3.63) is 71.3 Å². The summed E-state index contributed by atoms with van der Waals surface area (Å²) in [7, 11) is 0. The van der Waals surface area contributed by atoms with Crippen LogP contribution in [0.4, 0.5) is 0 Å². The Morgan fingerprint density at radius 3 is 1.63 bits per heavy atom. The summed E-state index contributed by atoms with van der Waals surface area (Å²) < 4.78 is 12.5. The van der Waals surface area contributed by atoms with Crippen molar-refractivity contribution in [2.75, 3.05) is 26.3 Å². The Morgan fingerprint density at radius 2 is 1.17 bits per heavy atom. The van der Waals surface area contributed by atoms with E-state index in [1.54, 1.807) is 0 Å². The molecule has 4 N–H and O–H groups in total. The topological polar surface area (TPSA) is 99.9 Å². The number of ether oxygens (including phenoxy) is 2. The molecular weight excluding hydrogens is 512 g/mol. The highest BCUT2D eigenvalue weighted by molar-refractivity contribution is 5.87. The summed E-state index contributed by atoms with van der Waals surface area (Å²) in [4.78, 5) is 17.0. The van der Waals surface area contributed by atoms with E-state index in [2.05, 4.69) is 69.1 Å². The molecule has 4 aliphatic rings. The number of fused-ring (bicyclic) bond motifs is 3. The normalized spacial score (nSPS) is 23.4. The van der Waals surface area contributed by atoms with Gasteiger partial charge in [0.1, 0.15) is 11.6 Å². The Balaban J connectivity index is 1.13. The molecule has 8 nitrogen and oxygen atoms in total. The number of benzene rings is 3. The first-order valence-electron chi connectivity index (χ1n) is 15.1. The number of hydrogen-bond donors (Lipinski definition) is 4. The van der Waals surface area contributed by atoms with Crippen LogP contribution in [-0.2, 0) is 22.3 Å². The van der Waals surface area contributed by atoms with Gasteiger partial charge in [0, 0.05) is 12.8 Å². The maximum absolute atomic E-state index is 6.26. The van der Waals surface area contributed by atoms with Gasteiger partial charge in [-0.15, -0.1) is 0 Å². The van der Waals surface area contributed by atoms with Gasteiger partial charge in [-0.3, -0.25) is 0 Å². The first-order valence-corrected chi connectivity index (χ1v) is 15.1. The quantitative estimate of drug-likeness (QED) is 0.239. The lowest BCUT2D eigenvalue weighted by Gasteiger charge is -2.20. The Bertz CT molecular complexity index is 1660. The summed E-state index contributed by atoms with van der Waals surface area (Å²) in [6.07, 6.45) is 6.17. The minimum atomic E-state index is -0.564. The highest BCUT2D eigenvalue weighted by Gasteiger charge is 2.44. The van der Waals surface area contributed by atoms with E-state index in [-0.39, 0.29) is 0 Å². The summed E-state index contributed by atoms with van der Waals surface area (Å²) in [6, 6.07) is 18.4. The molecule has 208 valence electrons. The van der Waals surface area contributed by atoms with Crippen LogP contribution in [0.3, 0.4) is 0 Å². The number of nitrogens with one attached hydrogen (secondary N) is 4. The van der Waals surface area contributed by atoms with Crippen LogP contribution >= 0.6 is 0 Å². The molecule has 0 unspecified atom stereocenters. The Labute approximate surface area is 238 Å². The molecular formula is C33H34N6O2. The van der Waals surface area contributed by atoms with Gasteiger partial charge in [0.05, 0.1) is 47.4 Å². The van der Waals surface area contributed by atoms with E-state index in [1.807, 2.05) is 0 Å². The van der Waals surface area contributed by atoms with Crippen molar-refractivity contribution in [3.8, 4) is 22.3 Å². The van der Waals surface area contributed by atoms with E-state index < -0.39 is 5.79 Å². The molecule has 1 spiro atoms. The van der Waals surface area contributed by atoms with Gasteiger partial charge < -0.3 is 30.1 Å². The fourth-order valence-electron chi connectivity index (χ4n) is 7.50. The van der Waals surface area contributed by atoms with Crippen molar-refractivity contribution in [2.45, 2.75) is 56.4 Å². The molecule has 2 aromatic heterocycles. The number of nitrogens with zero attached hydrogens (tertiary/aromatic N) is 2. The molecule has 41 heavy (non-hydrogen) atoms. The van der Waals surface area contributed by atoms with Gasteiger partial charge in [0.25, 0.3) is 0 Å². The van der Waals surface area contributed by atoms with Crippen LogP contribution in [0.25, 0.3) is 44.3 Å².